The summed E-state index contributed by atoms with van der Waals surface area (Å²) in [6, 6.07) is 3.48. The zero-order chi connectivity index (χ0) is 15.9. The summed E-state index contributed by atoms with van der Waals surface area (Å²) in [6.45, 7) is 1.99. The smallest absolute Gasteiger partial charge is 0.279 e. The molecule has 2 aromatic heterocycles. The maximum atomic E-state index is 12.3. The maximum Gasteiger partial charge on any atom is 0.279 e. The molecule has 0 radical (unpaired) electrons. The van der Waals surface area contributed by atoms with E-state index in [1.54, 1.807) is 29.8 Å². The highest BCUT2D eigenvalue weighted by Gasteiger charge is 2.35. The van der Waals surface area contributed by atoms with E-state index in [1.165, 1.54) is 4.31 Å². The van der Waals surface area contributed by atoms with Gasteiger partial charge in [0.2, 0.25) is 0 Å². The fourth-order valence-corrected chi connectivity index (χ4v) is 3.73. The first-order valence-electron chi connectivity index (χ1n) is 7.11. The largest absolute Gasteiger partial charge is 0.284 e. The predicted octanol–water partition coefficient (Wildman–Crippen LogP) is 1.45. The van der Waals surface area contributed by atoms with Gasteiger partial charge >= 0.3 is 0 Å². The van der Waals surface area contributed by atoms with Gasteiger partial charge in [-0.05, 0) is 37.8 Å². The lowest BCUT2D eigenvalue weighted by Gasteiger charge is -2.24. The summed E-state index contributed by atoms with van der Waals surface area (Å²) >= 11 is 6.02. The molecule has 1 aliphatic carbocycles. The van der Waals surface area contributed by atoms with Crippen LogP contribution in [0.5, 0.6) is 0 Å². The number of nitrogens with one attached hydrogen (secondary N) is 1. The van der Waals surface area contributed by atoms with Crippen LogP contribution in [0, 0.1) is 5.92 Å². The first-order valence-corrected chi connectivity index (χ1v) is 8.92. The highest BCUT2D eigenvalue weighted by atomic mass is 35.5. The van der Waals surface area contributed by atoms with Gasteiger partial charge in [0, 0.05) is 19.3 Å². The third-order valence-corrected chi connectivity index (χ3v) is 6.02. The molecule has 2 aromatic rings. The lowest BCUT2D eigenvalue weighted by atomic mass is 10.2. The van der Waals surface area contributed by atoms with Crippen LogP contribution in [-0.2, 0) is 16.8 Å². The molecule has 1 unspecified atom stereocenters. The molecule has 0 amide bonds. The number of hydrogen-bond donors (Lipinski definition) is 1. The monoisotopic (exact) mass is 343 g/mol. The molecule has 0 bridgehead atoms. The molecule has 2 heterocycles. The van der Waals surface area contributed by atoms with Crippen LogP contribution in [0.3, 0.4) is 0 Å². The molecule has 1 aliphatic rings. The van der Waals surface area contributed by atoms with Crippen LogP contribution in [0.15, 0.2) is 18.3 Å². The molecule has 22 heavy (non-hydrogen) atoms. The fraction of sp³-hybridized carbons (Fsp3) is 0.538. The minimum absolute atomic E-state index is 0.00193. The van der Waals surface area contributed by atoms with Gasteiger partial charge in [0.15, 0.2) is 11.5 Å². The van der Waals surface area contributed by atoms with E-state index in [2.05, 4.69) is 14.9 Å². The summed E-state index contributed by atoms with van der Waals surface area (Å²) in [7, 11) is -1.95. The van der Waals surface area contributed by atoms with E-state index in [0.29, 0.717) is 22.4 Å². The van der Waals surface area contributed by atoms with E-state index >= 15 is 0 Å². The Hall–Kier alpha value is -1.22. The Labute approximate surface area is 134 Å². The second kappa shape index (κ2) is 5.77. The average molecular weight is 344 g/mol. The van der Waals surface area contributed by atoms with Crippen LogP contribution in [0.2, 0.25) is 5.02 Å². The third-order valence-electron chi connectivity index (χ3n) is 4.13. The molecular formula is C13H18ClN5O2S. The minimum Gasteiger partial charge on any atom is -0.284 e. The van der Waals surface area contributed by atoms with Crippen molar-refractivity contribution in [3.8, 4) is 0 Å². The summed E-state index contributed by atoms with van der Waals surface area (Å²) in [5.74, 6) is 0.961. The molecule has 0 spiro atoms. The van der Waals surface area contributed by atoms with Gasteiger partial charge in [-0.2, -0.15) is 17.4 Å². The second-order valence-electron chi connectivity index (χ2n) is 5.59. The van der Waals surface area contributed by atoms with E-state index in [4.69, 9.17) is 11.6 Å². The number of pyridine rings is 1. The molecule has 120 valence electrons. The van der Waals surface area contributed by atoms with Gasteiger partial charge in [0.25, 0.3) is 10.2 Å². The van der Waals surface area contributed by atoms with E-state index in [-0.39, 0.29) is 12.6 Å². The van der Waals surface area contributed by atoms with Crippen molar-refractivity contribution in [1.82, 2.24) is 23.6 Å². The zero-order valence-electron chi connectivity index (χ0n) is 12.4. The molecule has 1 fully saturated rings. The molecule has 1 saturated carbocycles. The van der Waals surface area contributed by atoms with Gasteiger partial charge in [-0.1, -0.05) is 11.6 Å². The van der Waals surface area contributed by atoms with Gasteiger partial charge in [-0.25, -0.2) is 0 Å². The van der Waals surface area contributed by atoms with E-state index in [1.807, 2.05) is 6.92 Å². The number of nitrogens with zero attached hydrogens (tertiary/aromatic N) is 4. The van der Waals surface area contributed by atoms with Crippen molar-refractivity contribution < 1.29 is 8.42 Å². The molecule has 0 saturated heterocycles. The predicted molar refractivity (Wildman–Crippen MR) is 83.7 cm³/mol. The van der Waals surface area contributed by atoms with Crippen LogP contribution < -0.4 is 4.72 Å². The third kappa shape index (κ3) is 2.96. The Morgan fingerprint density at radius 3 is 2.91 bits per heavy atom. The Morgan fingerprint density at radius 2 is 2.23 bits per heavy atom. The normalized spacial score (nSPS) is 17.3. The molecule has 7 nitrogen and oxygen atoms in total. The van der Waals surface area contributed by atoms with Crippen LogP contribution in [0.25, 0.3) is 5.65 Å². The van der Waals surface area contributed by atoms with Crippen LogP contribution in [-0.4, -0.2) is 40.4 Å². The van der Waals surface area contributed by atoms with Crippen molar-refractivity contribution in [2.24, 2.45) is 5.92 Å². The minimum atomic E-state index is -3.55. The van der Waals surface area contributed by atoms with Crippen molar-refractivity contribution in [2.45, 2.75) is 32.4 Å². The van der Waals surface area contributed by atoms with Crippen molar-refractivity contribution in [2.75, 3.05) is 7.05 Å². The van der Waals surface area contributed by atoms with Gasteiger partial charge in [0.1, 0.15) is 0 Å². The molecule has 0 aliphatic heterocycles. The molecule has 9 heteroatoms. The van der Waals surface area contributed by atoms with Crippen molar-refractivity contribution in [3.05, 3.63) is 29.2 Å². The highest BCUT2D eigenvalue weighted by molar-refractivity contribution is 7.87. The van der Waals surface area contributed by atoms with Crippen molar-refractivity contribution in [3.63, 3.8) is 0 Å². The first-order chi connectivity index (χ1) is 10.4. The van der Waals surface area contributed by atoms with Crippen molar-refractivity contribution in [1.29, 1.82) is 0 Å². The van der Waals surface area contributed by atoms with Gasteiger partial charge in [0.05, 0.1) is 11.6 Å². The van der Waals surface area contributed by atoms with Crippen LogP contribution in [0.4, 0.5) is 0 Å². The topological polar surface area (TPSA) is 79.6 Å². The first kappa shape index (κ1) is 15.7. The lowest BCUT2D eigenvalue weighted by Crippen LogP contribution is -2.43. The summed E-state index contributed by atoms with van der Waals surface area (Å²) in [6.07, 6.45) is 3.93. The second-order valence-corrected chi connectivity index (χ2v) is 7.81. The summed E-state index contributed by atoms with van der Waals surface area (Å²) in [5, 5.41) is 8.44. The maximum absolute atomic E-state index is 12.3. The van der Waals surface area contributed by atoms with E-state index < -0.39 is 10.2 Å². The number of fused-ring (bicyclic) bond motifs is 1. The summed E-state index contributed by atoms with van der Waals surface area (Å²) < 4.78 is 30.3. The molecule has 3 rings (SSSR count). The standard InChI is InChI=1S/C13H18ClN5O2S/c1-9(10-5-6-10)18(2)22(20,21)15-8-12-16-17-13-11(14)4-3-7-19(12)13/h3-4,7,9-10,15H,5-6,8H2,1-2H3. The van der Waals surface area contributed by atoms with Crippen LogP contribution in [0.1, 0.15) is 25.6 Å². The van der Waals surface area contributed by atoms with E-state index in [0.717, 1.165) is 12.8 Å². The average Bonchev–Trinajstić information content (AvgIpc) is 3.25. The number of halogens is 1. The van der Waals surface area contributed by atoms with Crippen molar-refractivity contribution >= 4 is 27.5 Å². The quantitative estimate of drug-likeness (QED) is 0.860. The van der Waals surface area contributed by atoms with Gasteiger partial charge < -0.3 is 0 Å². The summed E-state index contributed by atoms with van der Waals surface area (Å²) in [5.41, 5.74) is 0.512. The number of rotatable bonds is 6. The number of hydrogen-bond acceptors (Lipinski definition) is 4. The van der Waals surface area contributed by atoms with Gasteiger partial charge in [-0.3, -0.25) is 4.40 Å². The summed E-state index contributed by atoms with van der Waals surface area (Å²) in [4.78, 5) is 0. The molecule has 1 atom stereocenters. The Balaban J connectivity index is 1.74. The molecule has 1 N–H and O–H groups in total. The van der Waals surface area contributed by atoms with E-state index in [9.17, 15) is 8.42 Å². The zero-order valence-corrected chi connectivity index (χ0v) is 14.0. The Bertz CT molecular complexity index is 787. The Kier molecular flexibility index (Phi) is 4.11. The highest BCUT2D eigenvalue weighted by Crippen LogP contribution is 2.35. The SMILES string of the molecule is CC(C1CC1)N(C)S(=O)(=O)NCc1nnc2c(Cl)cccn12. The Morgan fingerprint density at radius 1 is 1.50 bits per heavy atom. The van der Waals surface area contributed by atoms with Gasteiger partial charge in [-0.15, -0.1) is 10.2 Å². The number of aromatic nitrogens is 3. The van der Waals surface area contributed by atoms with Crippen LogP contribution >= 0.6 is 11.6 Å². The molecule has 0 aromatic carbocycles. The fourth-order valence-electron chi connectivity index (χ4n) is 2.40. The molecular weight excluding hydrogens is 326 g/mol. The lowest BCUT2D eigenvalue weighted by molar-refractivity contribution is 0.351.